The molecular formula is C16H17N3O2S. The van der Waals surface area contributed by atoms with Gasteiger partial charge >= 0.3 is 0 Å². The molecule has 3 N–H and O–H groups in total. The van der Waals surface area contributed by atoms with Gasteiger partial charge in [-0.1, -0.05) is 12.1 Å². The lowest BCUT2D eigenvalue weighted by molar-refractivity contribution is 0.415. The molecule has 6 heteroatoms. The predicted molar refractivity (Wildman–Crippen MR) is 88.3 cm³/mol. The normalized spacial score (nSPS) is 12.5. The van der Waals surface area contributed by atoms with Crippen LogP contribution >= 0.6 is 0 Å². The van der Waals surface area contributed by atoms with E-state index in [1.807, 2.05) is 43.3 Å². The second kappa shape index (κ2) is 5.81. The highest BCUT2D eigenvalue weighted by molar-refractivity contribution is 7.84. The first-order valence-electron chi connectivity index (χ1n) is 6.84. The number of aromatic amines is 1. The molecule has 0 amide bonds. The summed E-state index contributed by atoms with van der Waals surface area (Å²) in [5.41, 5.74) is 10.2. The molecule has 0 fully saturated rings. The van der Waals surface area contributed by atoms with Crippen molar-refractivity contribution < 1.29 is 8.95 Å². The molecule has 0 saturated carbocycles. The smallest absolute Gasteiger partial charge is 0.197 e. The molecule has 1 aromatic heterocycles. The van der Waals surface area contributed by atoms with Gasteiger partial charge in [-0.25, -0.2) is 4.98 Å². The van der Waals surface area contributed by atoms with E-state index in [9.17, 15) is 4.21 Å². The first kappa shape index (κ1) is 14.6. The lowest BCUT2D eigenvalue weighted by Gasteiger charge is -2.05. The molecule has 3 aromatic rings. The van der Waals surface area contributed by atoms with Crippen molar-refractivity contribution in [3.8, 4) is 5.75 Å². The van der Waals surface area contributed by atoms with Gasteiger partial charge in [-0.15, -0.1) is 0 Å². The van der Waals surface area contributed by atoms with Crippen LogP contribution in [0.25, 0.3) is 11.0 Å². The Morgan fingerprint density at radius 2 is 2.09 bits per heavy atom. The topological polar surface area (TPSA) is 81.0 Å². The van der Waals surface area contributed by atoms with Gasteiger partial charge in [0.05, 0.1) is 34.7 Å². The average Bonchev–Trinajstić information content (AvgIpc) is 2.93. The number of aryl methyl sites for hydroxylation is 1. The number of fused-ring (bicyclic) bond motifs is 1. The van der Waals surface area contributed by atoms with E-state index in [-0.39, 0.29) is 0 Å². The molecule has 114 valence electrons. The summed E-state index contributed by atoms with van der Waals surface area (Å²) < 4.78 is 17.7. The minimum Gasteiger partial charge on any atom is -0.497 e. The van der Waals surface area contributed by atoms with Gasteiger partial charge in [0.15, 0.2) is 5.16 Å². The van der Waals surface area contributed by atoms with E-state index < -0.39 is 10.8 Å². The van der Waals surface area contributed by atoms with Crippen molar-refractivity contribution >= 4 is 27.5 Å². The number of nitrogen functional groups attached to an aromatic ring is 1. The molecule has 2 aromatic carbocycles. The van der Waals surface area contributed by atoms with Crippen LogP contribution in [0.1, 0.15) is 11.1 Å². The Kier molecular flexibility index (Phi) is 3.85. The minimum atomic E-state index is -1.28. The summed E-state index contributed by atoms with van der Waals surface area (Å²) in [6.07, 6.45) is 0. The van der Waals surface area contributed by atoms with Crippen LogP contribution in [0.2, 0.25) is 0 Å². The SMILES string of the molecule is COc1ccc2nc(S(=O)Cc3ccc(C)cc3N)[nH]c2c1. The molecular weight excluding hydrogens is 298 g/mol. The minimum absolute atomic E-state index is 0.336. The quantitative estimate of drug-likeness (QED) is 0.725. The van der Waals surface area contributed by atoms with Gasteiger partial charge in [0.2, 0.25) is 0 Å². The van der Waals surface area contributed by atoms with Crippen LogP contribution in [0.5, 0.6) is 5.75 Å². The van der Waals surface area contributed by atoms with Gasteiger partial charge in [-0.2, -0.15) is 0 Å². The zero-order valence-corrected chi connectivity index (χ0v) is 13.2. The number of benzene rings is 2. The molecule has 1 heterocycles. The number of aromatic nitrogens is 2. The first-order chi connectivity index (χ1) is 10.6. The Morgan fingerprint density at radius 1 is 1.27 bits per heavy atom. The Hall–Kier alpha value is -2.34. The summed E-state index contributed by atoms with van der Waals surface area (Å²) in [5, 5.41) is 0.447. The summed E-state index contributed by atoms with van der Waals surface area (Å²) in [6.45, 7) is 1.98. The van der Waals surface area contributed by atoms with Crippen LogP contribution in [0.15, 0.2) is 41.6 Å². The lowest BCUT2D eigenvalue weighted by atomic mass is 10.1. The predicted octanol–water partition coefficient (Wildman–Crippen LogP) is 2.77. The first-order valence-corrected chi connectivity index (χ1v) is 8.16. The summed E-state index contributed by atoms with van der Waals surface area (Å²) in [5.74, 6) is 1.07. The number of hydrogen-bond donors (Lipinski definition) is 2. The molecule has 0 aliphatic heterocycles. The van der Waals surface area contributed by atoms with Crippen LogP contribution in [0.4, 0.5) is 5.69 Å². The van der Waals surface area contributed by atoms with E-state index in [1.54, 1.807) is 7.11 Å². The van der Waals surface area contributed by atoms with Crippen LogP contribution in [0.3, 0.4) is 0 Å². The lowest BCUT2D eigenvalue weighted by Crippen LogP contribution is -2.02. The number of nitrogens with zero attached hydrogens (tertiary/aromatic N) is 1. The summed E-state index contributed by atoms with van der Waals surface area (Å²) in [4.78, 5) is 7.47. The number of nitrogens with two attached hydrogens (primary N) is 1. The standard InChI is InChI=1S/C16H17N3O2S/c1-10-3-4-11(13(17)7-10)9-22(20)16-18-14-6-5-12(21-2)8-15(14)19-16/h3-8H,9,17H2,1-2H3,(H,18,19). The van der Waals surface area contributed by atoms with E-state index >= 15 is 0 Å². The molecule has 22 heavy (non-hydrogen) atoms. The molecule has 3 rings (SSSR count). The van der Waals surface area contributed by atoms with Crippen LogP contribution in [0, 0.1) is 6.92 Å². The van der Waals surface area contributed by atoms with Crippen molar-refractivity contribution in [1.29, 1.82) is 0 Å². The number of rotatable bonds is 4. The number of anilines is 1. The van der Waals surface area contributed by atoms with Crippen molar-refractivity contribution in [1.82, 2.24) is 9.97 Å². The third-order valence-electron chi connectivity index (χ3n) is 3.47. The summed E-state index contributed by atoms with van der Waals surface area (Å²) in [7, 11) is 0.328. The summed E-state index contributed by atoms with van der Waals surface area (Å²) in [6, 6.07) is 11.3. The molecule has 1 unspecified atom stereocenters. The molecule has 5 nitrogen and oxygen atoms in total. The van der Waals surface area contributed by atoms with E-state index in [0.29, 0.717) is 16.6 Å². The van der Waals surface area contributed by atoms with Gasteiger partial charge in [-0.3, -0.25) is 4.21 Å². The maximum Gasteiger partial charge on any atom is 0.197 e. The Labute approximate surface area is 131 Å². The Bertz CT molecular complexity index is 858. The van der Waals surface area contributed by atoms with Gasteiger partial charge in [0, 0.05) is 11.8 Å². The second-order valence-electron chi connectivity index (χ2n) is 5.12. The highest BCUT2D eigenvalue weighted by Gasteiger charge is 2.13. The number of H-pyrrole nitrogens is 1. The molecule has 0 spiro atoms. The summed E-state index contributed by atoms with van der Waals surface area (Å²) >= 11 is 0. The number of hydrogen-bond acceptors (Lipinski definition) is 4. The van der Waals surface area contributed by atoms with Crippen molar-refractivity contribution in [2.24, 2.45) is 0 Å². The monoisotopic (exact) mass is 315 g/mol. The molecule has 0 saturated heterocycles. The Morgan fingerprint density at radius 3 is 2.82 bits per heavy atom. The van der Waals surface area contributed by atoms with Crippen molar-refractivity contribution in [2.75, 3.05) is 12.8 Å². The number of imidazole rings is 1. The molecule has 0 bridgehead atoms. The van der Waals surface area contributed by atoms with Crippen LogP contribution < -0.4 is 10.5 Å². The van der Waals surface area contributed by atoms with Crippen molar-refractivity contribution in [3.63, 3.8) is 0 Å². The number of ether oxygens (including phenoxy) is 1. The number of methoxy groups -OCH3 is 1. The molecule has 1 atom stereocenters. The van der Waals surface area contributed by atoms with E-state index in [4.69, 9.17) is 10.5 Å². The highest BCUT2D eigenvalue weighted by atomic mass is 32.2. The van der Waals surface area contributed by atoms with Crippen LogP contribution in [-0.4, -0.2) is 21.3 Å². The third-order valence-corrected chi connectivity index (χ3v) is 4.67. The van der Waals surface area contributed by atoms with Gasteiger partial charge in [-0.05, 0) is 36.2 Å². The fourth-order valence-corrected chi connectivity index (χ4v) is 3.36. The molecule has 0 radical (unpaired) electrons. The molecule has 0 aliphatic carbocycles. The van der Waals surface area contributed by atoms with Gasteiger partial charge in [0.25, 0.3) is 0 Å². The zero-order valence-electron chi connectivity index (χ0n) is 12.4. The van der Waals surface area contributed by atoms with Crippen molar-refractivity contribution in [3.05, 3.63) is 47.5 Å². The van der Waals surface area contributed by atoms with E-state index in [1.165, 1.54) is 0 Å². The van der Waals surface area contributed by atoms with E-state index in [0.717, 1.165) is 27.9 Å². The number of nitrogens with one attached hydrogen (secondary N) is 1. The second-order valence-corrected chi connectivity index (χ2v) is 6.48. The van der Waals surface area contributed by atoms with E-state index in [2.05, 4.69) is 9.97 Å². The molecule has 0 aliphatic rings. The van der Waals surface area contributed by atoms with Gasteiger partial charge < -0.3 is 15.5 Å². The maximum atomic E-state index is 12.5. The fourth-order valence-electron chi connectivity index (χ4n) is 2.26. The highest BCUT2D eigenvalue weighted by Crippen LogP contribution is 2.22. The van der Waals surface area contributed by atoms with Crippen molar-refractivity contribution in [2.45, 2.75) is 17.8 Å². The average molecular weight is 315 g/mol. The fraction of sp³-hybridized carbons (Fsp3) is 0.188. The maximum absolute atomic E-state index is 12.5. The largest absolute Gasteiger partial charge is 0.497 e. The Balaban J connectivity index is 1.88. The third kappa shape index (κ3) is 2.82. The van der Waals surface area contributed by atoms with Crippen LogP contribution in [-0.2, 0) is 16.6 Å². The zero-order chi connectivity index (χ0) is 15.7. The van der Waals surface area contributed by atoms with Gasteiger partial charge in [0.1, 0.15) is 5.75 Å².